The summed E-state index contributed by atoms with van der Waals surface area (Å²) in [6.07, 6.45) is 0. The van der Waals surface area contributed by atoms with Gasteiger partial charge in [-0.2, -0.15) is 9.90 Å². The van der Waals surface area contributed by atoms with E-state index >= 15 is 0 Å². The Bertz CT molecular complexity index is 76.4. The minimum atomic E-state index is 0. The average molecular weight is 155 g/mol. The van der Waals surface area contributed by atoms with Crippen molar-refractivity contribution < 1.29 is 12.2 Å². The van der Waals surface area contributed by atoms with Crippen molar-refractivity contribution in [1.29, 1.82) is 0 Å². The molecule has 0 nitrogen and oxygen atoms in total. The summed E-state index contributed by atoms with van der Waals surface area (Å²) in [6.45, 7) is 0. The van der Waals surface area contributed by atoms with E-state index < -0.39 is 0 Å². The normalized spacial score (nSPS) is 3.50. The molecule has 0 spiro atoms. The second-order valence-corrected chi connectivity index (χ2v) is 2.35. The Labute approximate surface area is 37.3 Å². The SMILES string of the molecule is P.[P]#[Ni]#[P]. The standard InChI is InChI=1S/Ni.H3P.2P/h;1H3;;. The van der Waals surface area contributed by atoms with E-state index in [2.05, 4.69) is 14.7 Å². The van der Waals surface area contributed by atoms with Crippen molar-refractivity contribution in [3.63, 3.8) is 0 Å². The zero-order chi connectivity index (χ0) is 2.71. The van der Waals surface area contributed by atoms with Crippen LogP contribution < -0.4 is 0 Å². The van der Waals surface area contributed by atoms with Gasteiger partial charge in [0.05, 0.1) is 0 Å². The van der Waals surface area contributed by atoms with Crippen molar-refractivity contribution in [3.8, 4) is 0 Å². The summed E-state index contributed by atoms with van der Waals surface area (Å²) < 4.78 is 0. The quantitative estimate of drug-likeness (QED) is 0.369. The summed E-state index contributed by atoms with van der Waals surface area (Å²) in [5, 5.41) is 0. The first-order chi connectivity index (χ1) is 1.41. The van der Waals surface area contributed by atoms with Gasteiger partial charge in [-0.3, -0.25) is 0 Å². The van der Waals surface area contributed by atoms with E-state index in [4.69, 9.17) is 0 Å². The molecule has 0 radical (unpaired) electrons. The summed E-state index contributed by atoms with van der Waals surface area (Å²) in [6, 6.07) is 0. The number of rotatable bonds is 0. The van der Waals surface area contributed by atoms with Crippen LogP contribution in [0.15, 0.2) is 0 Å². The molecule has 0 saturated carbocycles. The predicted molar refractivity (Wildman–Crippen MR) is 24.9 cm³/mol. The predicted octanol–water partition coefficient (Wildman–Crippen LogP) is 1.78. The third-order valence-electron chi connectivity index (χ3n) is 0. The van der Waals surface area contributed by atoms with Crippen LogP contribution in [0.4, 0.5) is 0 Å². The van der Waals surface area contributed by atoms with Gasteiger partial charge in [0, 0.05) is 0 Å². The fourth-order valence-electron chi connectivity index (χ4n) is 0. The van der Waals surface area contributed by atoms with Crippen LogP contribution in [0, 0.1) is 0 Å². The Balaban J connectivity index is 0. The summed E-state index contributed by atoms with van der Waals surface area (Å²) in [4.78, 5) is 0. The molecular formula is H3NiP3. The van der Waals surface area contributed by atoms with Gasteiger partial charge in [-0.25, -0.2) is 0 Å². The molecule has 0 aliphatic carbocycles. The van der Waals surface area contributed by atoms with Gasteiger partial charge in [0.15, 0.2) is 0 Å². The van der Waals surface area contributed by atoms with Crippen LogP contribution in [0.2, 0.25) is 0 Å². The van der Waals surface area contributed by atoms with E-state index in [1.54, 1.807) is 0 Å². The molecule has 4 heteroatoms. The van der Waals surface area contributed by atoms with Gasteiger partial charge in [0.1, 0.15) is 0 Å². The monoisotopic (exact) mass is 154 g/mol. The summed E-state index contributed by atoms with van der Waals surface area (Å²) in [7, 11) is 7.18. The van der Waals surface area contributed by atoms with Gasteiger partial charge in [0.2, 0.25) is 0 Å². The summed E-state index contributed by atoms with van der Waals surface area (Å²) >= 11 is 1.01. The van der Waals surface area contributed by atoms with Crippen LogP contribution in [-0.2, 0) is 12.2 Å². The minimum absolute atomic E-state index is 0. The fraction of sp³-hybridized carbons (Fsp3) is 0. The van der Waals surface area contributed by atoms with Crippen molar-refractivity contribution in [1.82, 2.24) is 0 Å². The van der Waals surface area contributed by atoms with Crippen molar-refractivity contribution in [2.45, 2.75) is 0 Å². The molecule has 0 amide bonds. The Kier molecular flexibility index (Phi) is 20.4. The van der Waals surface area contributed by atoms with Crippen LogP contribution >= 0.6 is 24.6 Å². The molecule has 0 aliphatic heterocycles. The molecule has 0 N–H and O–H groups in total. The summed E-state index contributed by atoms with van der Waals surface area (Å²) in [5.41, 5.74) is 0. The molecule has 0 rings (SSSR count). The van der Waals surface area contributed by atoms with E-state index in [0.29, 0.717) is 0 Å². The van der Waals surface area contributed by atoms with Gasteiger partial charge in [-0.05, 0) is 0 Å². The second-order valence-electron chi connectivity index (χ2n) is 0.0632. The third kappa shape index (κ3) is 9.22. The van der Waals surface area contributed by atoms with Crippen LogP contribution in [-0.4, -0.2) is 0 Å². The molecule has 0 aliphatic rings. The van der Waals surface area contributed by atoms with Crippen molar-refractivity contribution >= 4 is 24.6 Å². The van der Waals surface area contributed by atoms with E-state index in [0.717, 1.165) is 12.2 Å². The Morgan fingerprint density at radius 1 is 1.25 bits per heavy atom. The molecule has 1 unspecified atom stereocenters. The maximum absolute atomic E-state index is 3.59. The van der Waals surface area contributed by atoms with E-state index in [9.17, 15) is 0 Å². The zero-order valence-electron chi connectivity index (χ0n) is 1.92. The van der Waals surface area contributed by atoms with Crippen molar-refractivity contribution in [2.24, 2.45) is 0 Å². The van der Waals surface area contributed by atoms with E-state index in [-0.39, 0.29) is 9.90 Å². The topological polar surface area (TPSA) is 0 Å². The van der Waals surface area contributed by atoms with Gasteiger partial charge in [0.25, 0.3) is 0 Å². The molecule has 0 aromatic heterocycles. The van der Waals surface area contributed by atoms with Crippen molar-refractivity contribution in [2.75, 3.05) is 0 Å². The Morgan fingerprint density at radius 2 is 1.25 bits per heavy atom. The molecule has 4 heavy (non-hydrogen) atoms. The molecule has 0 bridgehead atoms. The second kappa shape index (κ2) is 8.84. The first-order valence-corrected chi connectivity index (χ1v) is 3.50. The third-order valence-corrected chi connectivity index (χ3v) is 0. The number of hydrogen-bond donors (Lipinski definition) is 0. The molecule has 0 saturated heterocycles. The molecule has 0 aromatic carbocycles. The molecule has 1 atom stereocenters. The molecular weight excluding hydrogens is 152 g/mol. The maximum atomic E-state index is 3.59. The molecule has 0 aromatic rings. The van der Waals surface area contributed by atoms with Gasteiger partial charge < -0.3 is 0 Å². The van der Waals surface area contributed by atoms with E-state index in [1.165, 1.54) is 0 Å². The number of hydrogen-bond acceptors (Lipinski definition) is 0. The van der Waals surface area contributed by atoms with E-state index in [1.807, 2.05) is 0 Å². The van der Waals surface area contributed by atoms with Gasteiger partial charge in [-0.15, -0.1) is 0 Å². The van der Waals surface area contributed by atoms with Crippen LogP contribution in [0.1, 0.15) is 0 Å². The van der Waals surface area contributed by atoms with Gasteiger partial charge in [-0.1, -0.05) is 0 Å². The zero-order valence-corrected chi connectivity index (χ0v) is 6.11. The Hall–Kier alpha value is 1.78. The first-order valence-electron chi connectivity index (χ1n) is 0.283. The van der Waals surface area contributed by atoms with Crippen LogP contribution in [0.5, 0.6) is 0 Å². The molecule has 0 fully saturated rings. The first kappa shape index (κ1) is 9.24. The molecule has 0 heterocycles. The summed E-state index contributed by atoms with van der Waals surface area (Å²) in [5.74, 6) is 0. The van der Waals surface area contributed by atoms with Crippen LogP contribution in [0.25, 0.3) is 0 Å². The van der Waals surface area contributed by atoms with Gasteiger partial charge >= 0.3 is 26.9 Å². The van der Waals surface area contributed by atoms with Crippen LogP contribution in [0.3, 0.4) is 0 Å². The average Bonchev–Trinajstić information content (AvgIpc) is 0.918. The Morgan fingerprint density at radius 3 is 1.25 bits per heavy atom. The van der Waals surface area contributed by atoms with Crippen molar-refractivity contribution in [3.05, 3.63) is 0 Å². The fourth-order valence-corrected chi connectivity index (χ4v) is 0. The molecule has 28 valence electrons.